The minimum absolute atomic E-state index is 0.0265. The van der Waals surface area contributed by atoms with E-state index in [1.165, 1.54) is 71.8 Å². The first-order valence-electron chi connectivity index (χ1n) is 31.0. The molecule has 4 aromatic carbocycles. The molecule has 0 saturated carbocycles. The Hall–Kier alpha value is -8.88. The lowest BCUT2D eigenvalue weighted by Gasteiger charge is -2.37. The van der Waals surface area contributed by atoms with E-state index < -0.39 is 101 Å². The molecule has 2 N–H and O–H groups in total. The highest BCUT2D eigenvalue weighted by Gasteiger charge is 2.45. The number of aryl methyl sites for hydroxylation is 1. The van der Waals surface area contributed by atoms with Crippen LogP contribution in [0.1, 0.15) is 126 Å². The number of methoxy groups -OCH3 is 2. The Bertz CT molecular complexity index is 3240. The number of nitrogens with zero attached hydrogens (tertiary/aromatic N) is 5. The van der Waals surface area contributed by atoms with Crippen molar-refractivity contribution in [2.24, 2.45) is 11.3 Å². The zero-order valence-electron chi connectivity index (χ0n) is 53.3. The van der Waals surface area contributed by atoms with Crippen molar-refractivity contribution in [2.45, 2.75) is 141 Å². The smallest absolute Gasteiger partial charge is 0.330 e. The fraction of sp³-hybridized carbons (Fsp3) is 0.478. The molecule has 21 heteroatoms. The average molecular weight is 1240 g/mol. The zero-order chi connectivity index (χ0) is 65.2. The number of ketones is 1. The van der Waals surface area contributed by atoms with Gasteiger partial charge in [0.05, 0.1) is 19.6 Å². The number of Topliss-reactive ketones (excluding diaryl/α,β-unsaturated/α-hetero) is 1. The summed E-state index contributed by atoms with van der Waals surface area (Å²) in [6.45, 7) is 6.82. The molecular formula is C69H87N7O14. The fourth-order valence-electron chi connectivity index (χ4n) is 11.6. The van der Waals surface area contributed by atoms with E-state index in [0.717, 1.165) is 11.1 Å². The molecule has 4 aromatic rings. The predicted octanol–water partition coefficient (Wildman–Crippen LogP) is 7.37. The van der Waals surface area contributed by atoms with Gasteiger partial charge in [0.2, 0.25) is 41.2 Å². The first kappa shape index (κ1) is 68.6. The molecule has 0 radical (unpaired) electrons. The second kappa shape index (κ2) is 32.0. The summed E-state index contributed by atoms with van der Waals surface area (Å²) in [7, 11) is 7.70. The molecule has 90 heavy (non-hydrogen) atoms. The maximum absolute atomic E-state index is 15.2. The Balaban J connectivity index is 1.20. The Morgan fingerprint density at radius 3 is 1.99 bits per heavy atom. The summed E-state index contributed by atoms with van der Waals surface area (Å²) in [6.07, 6.45) is 4.37. The normalized spacial score (nSPS) is 23.0. The van der Waals surface area contributed by atoms with Crippen LogP contribution in [0.3, 0.4) is 0 Å². The number of benzene rings is 4. The van der Waals surface area contributed by atoms with E-state index in [0.29, 0.717) is 66.8 Å². The highest BCUT2D eigenvalue weighted by molar-refractivity contribution is 6.38. The standard InChI is InChI=1S/C69H87N7O14/c1-45(2)40-53-63(81)72(5)37-18-17-30-60(79)89-44-69(3,4)62(80)67(85)76-38-19-16-28-52(76)68(86)90-55(33-31-47-32-34-56(87-8)57(42-47)88-9)49-26-20-27-50(43-49)70-58(77)35-36-59(78)71-61(48-24-14-11-15-25-48)66(84)74(7)54(41-46-22-12-10-13-23-46)65(83)75-39-21-29-51(75)64(82)73(53)6/h10-15,17,20,22-27,30,32,34,42-43,45,51-55,61H,16,18-19,21,28-29,31,33,35-41,44H2,1-9H3,(H,70,77)(H,71,78)/t51-,52?,53+,54+,55-,61+/m1/s1. The van der Waals surface area contributed by atoms with Gasteiger partial charge in [-0.25, -0.2) is 9.59 Å². The number of carbonyl (C=O) groups excluding carboxylic acids is 10. The SMILES string of the molecule is COc1ccc(CC[C@H]2OC(=O)C3CCCCN3C(=O)C(=O)C(C)(C)COC(=O)C=CCCN(C)C(=O)[C@H](CC(C)C)N(C)C(=O)[C@H]3CCCN3C(=O)[C@H](Cc3ccccc3)N(C)C(=O)[C@H](c3ccccc3)NC(=O)CCC(=O)Nc3cccc2c3)cc1OC. The van der Waals surface area contributed by atoms with Crippen molar-refractivity contribution in [2.75, 3.05) is 66.9 Å². The summed E-state index contributed by atoms with van der Waals surface area (Å²) >= 11 is 0. The van der Waals surface area contributed by atoms with Crippen LogP contribution in [0.4, 0.5) is 5.69 Å². The largest absolute Gasteiger partial charge is 0.493 e. The first-order valence-corrected chi connectivity index (χ1v) is 31.0. The molecule has 2 fully saturated rings. The quantitative estimate of drug-likeness (QED) is 0.116. The molecule has 3 aliphatic rings. The van der Waals surface area contributed by atoms with Gasteiger partial charge in [0.15, 0.2) is 11.5 Å². The second-order valence-corrected chi connectivity index (χ2v) is 24.5. The van der Waals surface area contributed by atoms with Crippen molar-refractivity contribution in [1.29, 1.82) is 0 Å². The highest BCUT2D eigenvalue weighted by atomic mass is 16.5. The number of rotatable bonds is 10. The third kappa shape index (κ3) is 17.9. The number of nitrogens with one attached hydrogen (secondary N) is 2. The highest BCUT2D eigenvalue weighted by Crippen LogP contribution is 2.34. The van der Waals surface area contributed by atoms with E-state index >= 15 is 9.59 Å². The number of piperidine rings is 1. The number of fused-ring (bicyclic) bond motifs is 4. The molecule has 2 bridgehead atoms. The Kier molecular flexibility index (Phi) is 24.4. The Morgan fingerprint density at radius 1 is 0.633 bits per heavy atom. The fourth-order valence-corrected chi connectivity index (χ4v) is 11.6. The third-order valence-corrected chi connectivity index (χ3v) is 16.9. The van der Waals surface area contributed by atoms with Crippen LogP contribution in [-0.4, -0.2) is 169 Å². The number of hydrogen-bond donors (Lipinski definition) is 2. The number of anilines is 1. The van der Waals surface area contributed by atoms with Crippen LogP contribution in [0.5, 0.6) is 11.5 Å². The van der Waals surface area contributed by atoms with Gasteiger partial charge in [-0.3, -0.25) is 38.4 Å². The van der Waals surface area contributed by atoms with E-state index in [1.807, 2.05) is 56.3 Å². The van der Waals surface area contributed by atoms with E-state index in [2.05, 4.69) is 10.6 Å². The molecule has 21 nitrogen and oxygen atoms in total. The molecule has 3 aliphatic heterocycles. The van der Waals surface area contributed by atoms with Gasteiger partial charge in [-0.1, -0.05) is 98.8 Å². The van der Waals surface area contributed by atoms with E-state index in [4.69, 9.17) is 18.9 Å². The predicted molar refractivity (Wildman–Crippen MR) is 336 cm³/mol. The van der Waals surface area contributed by atoms with Gasteiger partial charge in [0.1, 0.15) is 42.9 Å². The monoisotopic (exact) mass is 1240 g/mol. The van der Waals surface area contributed by atoms with Gasteiger partial charge in [-0.2, -0.15) is 0 Å². The van der Waals surface area contributed by atoms with Crippen LogP contribution in [0.2, 0.25) is 0 Å². The summed E-state index contributed by atoms with van der Waals surface area (Å²) in [5, 5.41) is 5.70. The molecule has 0 aliphatic carbocycles. The first-order chi connectivity index (χ1) is 43.0. The van der Waals surface area contributed by atoms with Gasteiger partial charge in [-0.05, 0) is 124 Å². The molecule has 0 spiro atoms. The van der Waals surface area contributed by atoms with Crippen molar-refractivity contribution in [3.8, 4) is 11.5 Å². The lowest BCUT2D eigenvalue weighted by atomic mass is 9.87. The number of esters is 2. The molecule has 482 valence electrons. The van der Waals surface area contributed by atoms with Crippen LogP contribution in [0.25, 0.3) is 0 Å². The zero-order valence-corrected chi connectivity index (χ0v) is 53.3. The number of amides is 7. The Morgan fingerprint density at radius 2 is 1.29 bits per heavy atom. The topological polar surface area (TPSA) is 248 Å². The number of carbonyl (C=O) groups is 10. The van der Waals surface area contributed by atoms with Crippen LogP contribution in [0, 0.1) is 11.3 Å². The molecule has 1 unspecified atom stereocenters. The molecule has 7 rings (SSSR count). The van der Waals surface area contributed by atoms with Crippen molar-refractivity contribution < 1.29 is 66.9 Å². The number of ether oxygens (including phenoxy) is 4. The van der Waals surface area contributed by atoms with Gasteiger partial charge in [0.25, 0.3) is 5.91 Å². The van der Waals surface area contributed by atoms with Crippen LogP contribution >= 0.6 is 0 Å². The summed E-state index contributed by atoms with van der Waals surface area (Å²) in [6, 6.07) is 24.4. The maximum Gasteiger partial charge on any atom is 0.330 e. The van der Waals surface area contributed by atoms with E-state index in [-0.39, 0.29) is 70.0 Å². The van der Waals surface area contributed by atoms with Crippen molar-refractivity contribution >= 4 is 64.8 Å². The van der Waals surface area contributed by atoms with Crippen molar-refractivity contribution in [3.05, 3.63) is 138 Å². The molecule has 0 aromatic heterocycles. The Labute approximate surface area is 527 Å². The van der Waals surface area contributed by atoms with Gasteiger partial charge in [0, 0.05) is 71.8 Å². The minimum atomic E-state index is -1.51. The lowest BCUT2D eigenvalue weighted by Crippen LogP contribution is -2.58. The van der Waals surface area contributed by atoms with Crippen molar-refractivity contribution in [1.82, 2.24) is 29.8 Å². The molecule has 3 heterocycles. The van der Waals surface area contributed by atoms with Gasteiger partial charge in [-0.15, -0.1) is 0 Å². The van der Waals surface area contributed by atoms with Crippen LogP contribution < -0.4 is 20.1 Å². The third-order valence-electron chi connectivity index (χ3n) is 16.9. The second-order valence-electron chi connectivity index (χ2n) is 24.5. The summed E-state index contributed by atoms with van der Waals surface area (Å²) in [5.74, 6) is -5.41. The maximum atomic E-state index is 15.2. The van der Waals surface area contributed by atoms with Gasteiger partial charge < -0.3 is 54.1 Å². The van der Waals surface area contributed by atoms with Gasteiger partial charge >= 0.3 is 11.9 Å². The number of hydrogen-bond acceptors (Lipinski definition) is 14. The molecule has 6 atom stereocenters. The summed E-state index contributed by atoms with van der Waals surface area (Å²) < 4.78 is 22.9. The van der Waals surface area contributed by atoms with Crippen LogP contribution in [-0.2, 0) is 70.3 Å². The minimum Gasteiger partial charge on any atom is -0.493 e. The van der Waals surface area contributed by atoms with E-state index in [1.54, 1.807) is 74.8 Å². The average Bonchev–Trinajstić information content (AvgIpc) is 1.52. The number of cyclic esters (lactones) is 2. The van der Waals surface area contributed by atoms with E-state index in [9.17, 15) is 38.4 Å². The summed E-state index contributed by atoms with van der Waals surface area (Å²) in [4.78, 5) is 150. The molecular weight excluding hydrogens is 1150 g/mol. The lowest BCUT2D eigenvalue weighted by molar-refractivity contribution is -0.165. The van der Waals surface area contributed by atoms with Crippen LogP contribution in [0.15, 0.2) is 115 Å². The van der Waals surface area contributed by atoms with Crippen molar-refractivity contribution in [3.63, 3.8) is 0 Å². The molecule has 7 amide bonds. The summed E-state index contributed by atoms with van der Waals surface area (Å²) in [5.41, 5.74) is 1.30. The molecule has 2 saturated heterocycles. The number of likely N-dealkylation sites (N-methyl/N-ethyl adjacent to an activating group) is 3.